The van der Waals surface area contributed by atoms with E-state index in [9.17, 15) is 4.79 Å². The standard InChI is InChI=1S/C11H21N5O2/c1-4-7-16-10(12-13-14-16)9-15(5-2)8-6-11(17)18-3/h4-9H2,1-3H3. The third-order valence-electron chi connectivity index (χ3n) is 2.71. The number of hydrogen-bond donors (Lipinski definition) is 0. The van der Waals surface area contributed by atoms with Crippen molar-refractivity contribution >= 4 is 5.97 Å². The molecule has 0 aliphatic heterocycles. The Hall–Kier alpha value is -1.50. The zero-order valence-electron chi connectivity index (χ0n) is 11.3. The average molecular weight is 255 g/mol. The molecule has 0 bridgehead atoms. The van der Waals surface area contributed by atoms with E-state index in [1.54, 1.807) is 4.68 Å². The smallest absolute Gasteiger partial charge is 0.306 e. The Balaban J connectivity index is 2.51. The number of rotatable bonds is 8. The number of methoxy groups -OCH3 is 1. The highest BCUT2D eigenvalue weighted by molar-refractivity contribution is 5.69. The fraction of sp³-hybridized carbons (Fsp3) is 0.818. The van der Waals surface area contributed by atoms with Crippen LogP contribution in [0.15, 0.2) is 0 Å². The summed E-state index contributed by atoms with van der Waals surface area (Å²) in [5.41, 5.74) is 0. The van der Waals surface area contributed by atoms with Crippen molar-refractivity contribution in [2.75, 3.05) is 20.2 Å². The highest BCUT2D eigenvalue weighted by atomic mass is 16.5. The summed E-state index contributed by atoms with van der Waals surface area (Å²) in [5.74, 6) is 0.644. The lowest BCUT2D eigenvalue weighted by Crippen LogP contribution is -2.27. The lowest BCUT2D eigenvalue weighted by atomic mass is 10.3. The first-order valence-corrected chi connectivity index (χ1v) is 6.25. The Morgan fingerprint density at radius 1 is 1.44 bits per heavy atom. The van der Waals surface area contributed by atoms with Gasteiger partial charge in [0.2, 0.25) is 0 Å². The van der Waals surface area contributed by atoms with Gasteiger partial charge in [0.1, 0.15) is 0 Å². The topological polar surface area (TPSA) is 73.1 Å². The normalized spacial score (nSPS) is 10.9. The molecule has 0 saturated heterocycles. The summed E-state index contributed by atoms with van der Waals surface area (Å²) in [6.45, 7) is 7.10. The molecule has 7 nitrogen and oxygen atoms in total. The van der Waals surface area contributed by atoms with Gasteiger partial charge in [0.05, 0.1) is 20.1 Å². The van der Waals surface area contributed by atoms with Crippen molar-refractivity contribution in [3.05, 3.63) is 5.82 Å². The molecular weight excluding hydrogens is 234 g/mol. The Bertz CT molecular complexity index is 366. The highest BCUT2D eigenvalue weighted by Gasteiger charge is 2.12. The van der Waals surface area contributed by atoms with Crippen LogP contribution in [0, 0.1) is 0 Å². The summed E-state index contributed by atoms with van der Waals surface area (Å²) >= 11 is 0. The molecule has 0 amide bonds. The van der Waals surface area contributed by atoms with Crippen LogP contribution in [0.1, 0.15) is 32.5 Å². The molecule has 7 heteroatoms. The molecule has 0 unspecified atom stereocenters. The van der Waals surface area contributed by atoms with Gasteiger partial charge < -0.3 is 4.74 Å². The van der Waals surface area contributed by atoms with Crippen LogP contribution in [0.2, 0.25) is 0 Å². The van der Waals surface area contributed by atoms with Gasteiger partial charge in [0, 0.05) is 13.1 Å². The second-order valence-corrected chi connectivity index (χ2v) is 4.01. The minimum atomic E-state index is -0.193. The van der Waals surface area contributed by atoms with E-state index in [-0.39, 0.29) is 5.97 Å². The molecular formula is C11H21N5O2. The van der Waals surface area contributed by atoms with E-state index in [4.69, 9.17) is 0 Å². The molecule has 1 rings (SSSR count). The van der Waals surface area contributed by atoms with Gasteiger partial charge in [-0.2, -0.15) is 0 Å². The van der Waals surface area contributed by atoms with E-state index in [1.165, 1.54) is 7.11 Å². The molecule has 0 N–H and O–H groups in total. The summed E-state index contributed by atoms with van der Waals surface area (Å²) < 4.78 is 6.44. The minimum Gasteiger partial charge on any atom is -0.469 e. The van der Waals surface area contributed by atoms with E-state index in [0.29, 0.717) is 19.5 Å². The molecule has 1 aromatic heterocycles. The van der Waals surface area contributed by atoms with Gasteiger partial charge >= 0.3 is 5.97 Å². The molecule has 0 radical (unpaired) electrons. The quantitative estimate of drug-likeness (QED) is 0.629. The molecule has 0 aromatic carbocycles. The lowest BCUT2D eigenvalue weighted by Gasteiger charge is -2.18. The first-order chi connectivity index (χ1) is 8.71. The first kappa shape index (κ1) is 14.6. The van der Waals surface area contributed by atoms with Crippen LogP contribution < -0.4 is 0 Å². The van der Waals surface area contributed by atoms with Crippen LogP contribution in [-0.4, -0.2) is 51.3 Å². The third kappa shape index (κ3) is 4.40. The largest absolute Gasteiger partial charge is 0.469 e. The Morgan fingerprint density at radius 3 is 2.83 bits per heavy atom. The van der Waals surface area contributed by atoms with Gasteiger partial charge in [0.25, 0.3) is 0 Å². The van der Waals surface area contributed by atoms with Crippen LogP contribution in [0.5, 0.6) is 0 Å². The zero-order valence-corrected chi connectivity index (χ0v) is 11.3. The SMILES string of the molecule is CCCn1nnnc1CN(CC)CCC(=O)OC. The number of carbonyl (C=O) groups excluding carboxylic acids is 1. The average Bonchev–Trinajstić information content (AvgIpc) is 2.81. The second kappa shape index (κ2) is 7.75. The van der Waals surface area contributed by atoms with Crippen molar-refractivity contribution in [2.24, 2.45) is 0 Å². The predicted octanol–water partition coefficient (Wildman–Crippen LogP) is 0.468. The predicted molar refractivity (Wildman–Crippen MR) is 65.7 cm³/mol. The highest BCUT2D eigenvalue weighted by Crippen LogP contribution is 2.02. The van der Waals surface area contributed by atoms with Gasteiger partial charge in [-0.1, -0.05) is 13.8 Å². The van der Waals surface area contributed by atoms with E-state index in [2.05, 4.69) is 32.1 Å². The Labute approximate surface area is 107 Å². The van der Waals surface area contributed by atoms with Gasteiger partial charge in [0.15, 0.2) is 5.82 Å². The van der Waals surface area contributed by atoms with E-state index in [1.807, 2.05) is 6.92 Å². The van der Waals surface area contributed by atoms with Gasteiger partial charge in [-0.3, -0.25) is 9.69 Å². The van der Waals surface area contributed by atoms with E-state index >= 15 is 0 Å². The molecule has 0 aliphatic carbocycles. The zero-order chi connectivity index (χ0) is 13.4. The molecule has 1 heterocycles. The summed E-state index contributed by atoms with van der Waals surface area (Å²) in [6, 6.07) is 0. The fourth-order valence-corrected chi connectivity index (χ4v) is 1.62. The Morgan fingerprint density at radius 2 is 2.22 bits per heavy atom. The van der Waals surface area contributed by atoms with Crippen LogP contribution in [-0.2, 0) is 22.6 Å². The molecule has 1 aromatic rings. The van der Waals surface area contributed by atoms with Crippen LogP contribution in [0.3, 0.4) is 0 Å². The number of aromatic nitrogens is 4. The number of esters is 1. The van der Waals surface area contributed by atoms with Crippen molar-refractivity contribution in [1.82, 2.24) is 25.1 Å². The van der Waals surface area contributed by atoms with Gasteiger partial charge in [-0.05, 0) is 23.4 Å². The summed E-state index contributed by atoms with van der Waals surface area (Å²) in [5, 5.41) is 11.6. The number of tetrazole rings is 1. The number of carbonyl (C=O) groups is 1. The molecule has 0 atom stereocenters. The molecule has 18 heavy (non-hydrogen) atoms. The number of aryl methyl sites for hydroxylation is 1. The molecule has 0 spiro atoms. The number of nitrogens with zero attached hydrogens (tertiary/aromatic N) is 5. The summed E-state index contributed by atoms with van der Waals surface area (Å²) in [4.78, 5) is 13.2. The molecule has 0 aliphatic rings. The maximum Gasteiger partial charge on any atom is 0.306 e. The van der Waals surface area contributed by atoms with E-state index < -0.39 is 0 Å². The first-order valence-electron chi connectivity index (χ1n) is 6.25. The van der Waals surface area contributed by atoms with Gasteiger partial charge in [-0.15, -0.1) is 5.10 Å². The minimum absolute atomic E-state index is 0.193. The van der Waals surface area contributed by atoms with Crippen LogP contribution >= 0.6 is 0 Å². The summed E-state index contributed by atoms with van der Waals surface area (Å²) in [6.07, 6.45) is 1.38. The van der Waals surface area contributed by atoms with E-state index in [0.717, 1.165) is 25.3 Å². The van der Waals surface area contributed by atoms with Gasteiger partial charge in [-0.25, -0.2) is 4.68 Å². The van der Waals surface area contributed by atoms with Crippen molar-refractivity contribution in [3.8, 4) is 0 Å². The Kier molecular flexibility index (Phi) is 6.27. The number of ether oxygens (including phenoxy) is 1. The van der Waals surface area contributed by atoms with Crippen molar-refractivity contribution in [2.45, 2.75) is 39.8 Å². The number of hydrogen-bond acceptors (Lipinski definition) is 6. The fourth-order valence-electron chi connectivity index (χ4n) is 1.62. The van der Waals surface area contributed by atoms with Crippen molar-refractivity contribution < 1.29 is 9.53 Å². The molecule has 0 saturated carbocycles. The van der Waals surface area contributed by atoms with Crippen molar-refractivity contribution in [3.63, 3.8) is 0 Å². The maximum absolute atomic E-state index is 11.1. The lowest BCUT2D eigenvalue weighted by molar-refractivity contribution is -0.141. The summed E-state index contributed by atoms with van der Waals surface area (Å²) in [7, 11) is 1.40. The second-order valence-electron chi connectivity index (χ2n) is 4.01. The molecule has 102 valence electrons. The monoisotopic (exact) mass is 255 g/mol. The van der Waals surface area contributed by atoms with Crippen LogP contribution in [0.25, 0.3) is 0 Å². The maximum atomic E-state index is 11.1. The molecule has 0 fully saturated rings. The third-order valence-corrected chi connectivity index (χ3v) is 2.71. The van der Waals surface area contributed by atoms with Crippen molar-refractivity contribution in [1.29, 1.82) is 0 Å². The van der Waals surface area contributed by atoms with Crippen LogP contribution in [0.4, 0.5) is 0 Å².